The van der Waals surface area contributed by atoms with Crippen molar-refractivity contribution in [3.63, 3.8) is 0 Å². The molecule has 0 saturated heterocycles. The van der Waals surface area contributed by atoms with Crippen LogP contribution < -0.4 is 0 Å². The quantitative estimate of drug-likeness (QED) is 0.521. The van der Waals surface area contributed by atoms with E-state index >= 15 is 0 Å². The smallest absolute Gasteiger partial charge is 0.00555 e. The van der Waals surface area contributed by atoms with Crippen LogP contribution in [0.4, 0.5) is 0 Å². The molecule has 0 aromatic heterocycles. The van der Waals surface area contributed by atoms with Crippen molar-refractivity contribution < 1.29 is 0 Å². The van der Waals surface area contributed by atoms with Crippen LogP contribution in [-0.2, 0) is 0 Å². The highest BCUT2D eigenvalue weighted by Gasteiger charge is 2.16. The van der Waals surface area contributed by atoms with Gasteiger partial charge in [0.05, 0.1) is 0 Å². The first-order valence-corrected chi connectivity index (χ1v) is 3.14. The monoisotopic (exact) mass is 111 g/mol. The first kappa shape index (κ1) is 5.67. The lowest BCUT2D eigenvalue weighted by molar-refractivity contribution is 0.560. The number of nitrogens with zero attached hydrogens (tertiary/aromatic N) is 1. The van der Waals surface area contributed by atoms with Crippen molar-refractivity contribution in [3.8, 4) is 0 Å². The molecule has 0 unspecified atom stereocenters. The molecule has 8 heavy (non-hydrogen) atoms. The lowest BCUT2D eigenvalue weighted by atomic mass is 10.4. The summed E-state index contributed by atoms with van der Waals surface area (Å²) in [6.45, 7) is 0. The maximum Gasteiger partial charge on any atom is 0.00555 e. The molecule has 1 heteroatoms. The van der Waals surface area contributed by atoms with E-state index in [0.717, 1.165) is 5.92 Å². The minimum atomic E-state index is 0.914. The van der Waals surface area contributed by atoms with Crippen LogP contribution in [0.5, 0.6) is 0 Å². The van der Waals surface area contributed by atoms with Crippen molar-refractivity contribution in [1.29, 1.82) is 0 Å². The molecule has 1 fully saturated rings. The summed E-state index contributed by atoms with van der Waals surface area (Å²) in [5, 5.41) is 0. The SMILES string of the molecule is CN(C)C=CC1CC1. The zero-order chi connectivity index (χ0) is 5.98. The molecule has 0 amide bonds. The summed E-state index contributed by atoms with van der Waals surface area (Å²) < 4.78 is 0. The summed E-state index contributed by atoms with van der Waals surface area (Å²) in [5.74, 6) is 0.914. The molecular formula is C7H13N. The van der Waals surface area contributed by atoms with E-state index in [0.29, 0.717) is 0 Å². The molecule has 1 aliphatic carbocycles. The van der Waals surface area contributed by atoms with Gasteiger partial charge in [0.2, 0.25) is 0 Å². The van der Waals surface area contributed by atoms with Crippen molar-refractivity contribution in [3.05, 3.63) is 12.3 Å². The normalized spacial score (nSPS) is 19.8. The summed E-state index contributed by atoms with van der Waals surface area (Å²) in [6.07, 6.45) is 7.23. The molecule has 0 bridgehead atoms. The lowest BCUT2D eigenvalue weighted by Gasteiger charge is -2.01. The molecule has 1 aliphatic rings. The lowest BCUT2D eigenvalue weighted by Crippen LogP contribution is -1.99. The van der Waals surface area contributed by atoms with Gasteiger partial charge in [0.15, 0.2) is 0 Å². The second-order valence-corrected chi connectivity index (χ2v) is 2.64. The second kappa shape index (κ2) is 2.21. The summed E-state index contributed by atoms with van der Waals surface area (Å²) >= 11 is 0. The Balaban J connectivity index is 2.13. The predicted octanol–water partition coefficient (Wildman–Crippen LogP) is 1.47. The Morgan fingerprint density at radius 1 is 1.38 bits per heavy atom. The standard InChI is InChI=1S/C7H13N/c1-8(2)6-5-7-3-4-7/h5-7H,3-4H2,1-2H3. The van der Waals surface area contributed by atoms with E-state index in [1.807, 2.05) is 0 Å². The number of hydrogen-bond donors (Lipinski definition) is 0. The van der Waals surface area contributed by atoms with Crippen LogP contribution in [0.25, 0.3) is 0 Å². The highest BCUT2D eigenvalue weighted by molar-refractivity contribution is 4.94. The Hall–Kier alpha value is -0.460. The molecule has 0 spiro atoms. The largest absolute Gasteiger partial charge is 0.384 e. The predicted molar refractivity (Wildman–Crippen MR) is 35.6 cm³/mol. The molecule has 0 aromatic rings. The minimum absolute atomic E-state index is 0.914. The first-order chi connectivity index (χ1) is 3.79. The van der Waals surface area contributed by atoms with E-state index in [2.05, 4.69) is 31.3 Å². The fourth-order valence-corrected chi connectivity index (χ4v) is 0.583. The molecule has 1 saturated carbocycles. The summed E-state index contributed by atoms with van der Waals surface area (Å²) in [5.41, 5.74) is 0. The zero-order valence-electron chi connectivity index (χ0n) is 5.59. The van der Waals surface area contributed by atoms with Crippen LogP contribution in [0.1, 0.15) is 12.8 Å². The molecule has 0 aromatic carbocycles. The van der Waals surface area contributed by atoms with Crippen LogP contribution >= 0.6 is 0 Å². The van der Waals surface area contributed by atoms with Crippen LogP contribution in [-0.4, -0.2) is 19.0 Å². The van der Waals surface area contributed by atoms with Crippen LogP contribution in [0.15, 0.2) is 12.3 Å². The Morgan fingerprint density at radius 2 is 2.00 bits per heavy atom. The van der Waals surface area contributed by atoms with E-state index in [1.54, 1.807) is 0 Å². The molecule has 0 atom stereocenters. The molecule has 0 radical (unpaired) electrons. The zero-order valence-corrected chi connectivity index (χ0v) is 5.59. The number of allylic oxidation sites excluding steroid dienone is 1. The van der Waals surface area contributed by atoms with E-state index in [9.17, 15) is 0 Å². The average Bonchev–Trinajstić information content (AvgIpc) is 2.41. The van der Waals surface area contributed by atoms with Crippen molar-refractivity contribution in [2.24, 2.45) is 5.92 Å². The third-order valence-corrected chi connectivity index (χ3v) is 1.28. The van der Waals surface area contributed by atoms with Crippen LogP contribution in [0.2, 0.25) is 0 Å². The van der Waals surface area contributed by atoms with Gasteiger partial charge in [-0.05, 0) is 25.0 Å². The van der Waals surface area contributed by atoms with Gasteiger partial charge >= 0.3 is 0 Å². The molecule has 0 aliphatic heterocycles. The minimum Gasteiger partial charge on any atom is -0.384 e. The fourth-order valence-electron chi connectivity index (χ4n) is 0.583. The van der Waals surface area contributed by atoms with Crippen molar-refractivity contribution >= 4 is 0 Å². The van der Waals surface area contributed by atoms with Gasteiger partial charge in [-0.1, -0.05) is 6.08 Å². The average molecular weight is 111 g/mol. The first-order valence-electron chi connectivity index (χ1n) is 3.14. The Labute approximate surface area is 51.0 Å². The summed E-state index contributed by atoms with van der Waals surface area (Å²) in [4.78, 5) is 2.08. The van der Waals surface area contributed by atoms with Crippen LogP contribution in [0, 0.1) is 5.92 Å². The Kier molecular flexibility index (Phi) is 1.56. The van der Waals surface area contributed by atoms with E-state index in [4.69, 9.17) is 0 Å². The summed E-state index contributed by atoms with van der Waals surface area (Å²) in [6, 6.07) is 0. The highest BCUT2D eigenvalue weighted by atomic mass is 15.0. The van der Waals surface area contributed by atoms with Crippen molar-refractivity contribution in [2.45, 2.75) is 12.8 Å². The Bertz CT molecular complexity index is 86.6. The fraction of sp³-hybridized carbons (Fsp3) is 0.714. The van der Waals surface area contributed by atoms with Gasteiger partial charge in [-0.25, -0.2) is 0 Å². The van der Waals surface area contributed by atoms with Gasteiger partial charge in [0, 0.05) is 14.1 Å². The van der Waals surface area contributed by atoms with Crippen molar-refractivity contribution in [1.82, 2.24) is 4.90 Å². The second-order valence-electron chi connectivity index (χ2n) is 2.64. The molecular weight excluding hydrogens is 98.1 g/mol. The molecule has 1 rings (SSSR count). The van der Waals surface area contributed by atoms with Gasteiger partial charge in [-0.15, -0.1) is 0 Å². The van der Waals surface area contributed by atoms with Gasteiger partial charge in [-0.2, -0.15) is 0 Å². The van der Waals surface area contributed by atoms with E-state index in [1.165, 1.54) is 12.8 Å². The molecule has 0 heterocycles. The third-order valence-electron chi connectivity index (χ3n) is 1.28. The molecule has 0 N–H and O–H groups in total. The maximum atomic E-state index is 2.28. The van der Waals surface area contributed by atoms with E-state index < -0.39 is 0 Å². The van der Waals surface area contributed by atoms with Gasteiger partial charge in [0.1, 0.15) is 0 Å². The van der Waals surface area contributed by atoms with E-state index in [-0.39, 0.29) is 0 Å². The van der Waals surface area contributed by atoms with Crippen LogP contribution in [0.3, 0.4) is 0 Å². The number of hydrogen-bond acceptors (Lipinski definition) is 1. The highest BCUT2D eigenvalue weighted by Crippen LogP contribution is 2.29. The summed E-state index contributed by atoms with van der Waals surface area (Å²) in [7, 11) is 4.11. The van der Waals surface area contributed by atoms with Gasteiger partial charge in [-0.3, -0.25) is 0 Å². The maximum absolute atomic E-state index is 2.28. The number of rotatable bonds is 2. The van der Waals surface area contributed by atoms with Gasteiger partial charge < -0.3 is 4.90 Å². The van der Waals surface area contributed by atoms with Crippen molar-refractivity contribution in [2.75, 3.05) is 14.1 Å². The Morgan fingerprint density at radius 3 is 2.38 bits per heavy atom. The van der Waals surface area contributed by atoms with Gasteiger partial charge in [0.25, 0.3) is 0 Å². The molecule has 1 nitrogen and oxygen atoms in total. The topological polar surface area (TPSA) is 3.24 Å². The molecule has 46 valence electrons. The third kappa shape index (κ3) is 2.01.